The molecule has 2 saturated heterocycles. The van der Waals surface area contributed by atoms with Crippen molar-refractivity contribution in [2.24, 2.45) is 0 Å². The molecule has 2 aliphatic rings. The van der Waals surface area contributed by atoms with E-state index in [1.165, 1.54) is 17.0 Å². The van der Waals surface area contributed by atoms with E-state index in [1.807, 2.05) is 7.05 Å². The predicted octanol–water partition coefficient (Wildman–Crippen LogP) is 1.65. The van der Waals surface area contributed by atoms with Crippen LogP contribution in [0.5, 0.6) is 0 Å². The number of alkyl halides is 3. The van der Waals surface area contributed by atoms with Crippen LogP contribution in [-0.4, -0.2) is 66.1 Å². The van der Waals surface area contributed by atoms with E-state index in [1.54, 1.807) is 0 Å². The summed E-state index contributed by atoms with van der Waals surface area (Å²) in [7, 11) is 1.94. The highest BCUT2D eigenvalue weighted by Crippen LogP contribution is 2.31. The molecule has 2 aliphatic heterocycles. The number of piperidine rings is 1. The van der Waals surface area contributed by atoms with E-state index in [2.05, 4.69) is 9.88 Å². The molecule has 1 aromatic rings. The number of likely N-dealkylation sites (N-methyl/N-ethyl adjacent to an activating group) is 1. The van der Waals surface area contributed by atoms with Crippen molar-refractivity contribution in [3.05, 3.63) is 29.6 Å². The van der Waals surface area contributed by atoms with Crippen molar-refractivity contribution in [3.63, 3.8) is 0 Å². The number of halogens is 3. The minimum atomic E-state index is -4.64. The summed E-state index contributed by atoms with van der Waals surface area (Å²) in [4.78, 5) is 19.5. The molecule has 126 valence electrons. The van der Waals surface area contributed by atoms with Gasteiger partial charge < -0.3 is 9.64 Å². The van der Waals surface area contributed by atoms with Crippen molar-refractivity contribution in [1.82, 2.24) is 14.8 Å². The molecule has 5 nitrogen and oxygen atoms in total. The second-order valence-electron chi connectivity index (χ2n) is 5.89. The third-order valence-electron chi connectivity index (χ3n) is 4.46. The van der Waals surface area contributed by atoms with Crippen LogP contribution < -0.4 is 0 Å². The van der Waals surface area contributed by atoms with Gasteiger partial charge in [0.2, 0.25) is 0 Å². The Labute approximate surface area is 132 Å². The SMILES string of the molecule is CN1CCOC2CCN(C(=O)c3cccnc3C(F)(F)F)CC21. The van der Waals surface area contributed by atoms with E-state index in [9.17, 15) is 18.0 Å². The first-order valence-electron chi connectivity index (χ1n) is 7.51. The Hall–Kier alpha value is -1.67. The number of aromatic nitrogens is 1. The normalized spacial score (nSPS) is 26.0. The van der Waals surface area contributed by atoms with Crippen LogP contribution in [0.2, 0.25) is 0 Å². The summed E-state index contributed by atoms with van der Waals surface area (Å²) in [6.07, 6.45) is -2.93. The fourth-order valence-corrected chi connectivity index (χ4v) is 3.20. The summed E-state index contributed by atoms with van der Waals surface area (Å²) in [5.74, 6) is -0.622. The molecule has 8 heteroatoms. The lowest BCUT2D eigenvalue weighted by Crippen LogP contribution is -2.59. The van der Waals surface area contributed by atoms with Gasteiger partial charge in [-0.05, 0) is 25.6 Å². The van der Waals surface area contributed by atoms with Gasteiger partial charge in [0.05, 0.1) is 24.3 Å². The van der Waals surface area contributed by atoms with Crippen LogP contribution in [0.3, 0.4) is 0 Å². The van der Waals surface area contributed by atoms with Gasteiger partial charge in [0.15, 0.2) is 5.69 Å². The Morgan fingerprint density at radius 2 is 2.17 bits per heavy atom. The molecular weight excluding hydrogens is 311 g/mol. The zero-order valence-corrected chi connectivity index (χ0v) is 12.7. The van der Waals surface area contributed by atoms with Gasteiger partial charge in [-0.15, -0.1) is 0 Å². The van der Waals surface area contributed by atoms with Crippen molar-refractivity contribution in [2.45, 2.75) is 24.7 Å². The first-order chi connectivity index (χ1) is 10.9. The van der Waals surface area contributed by atoms with Crippen molar-refractivity contribution in [3.8, 4) is 0 Å². The minimum Gasteiger partial charge on any atom is -0.375 e. The topological polar surface area (TPSA) is 45.7 Å². The Morgan fingerprint density at radius 1 is 1.39 bits per heavy atom. The summed E-state index contributed by atoms with van der Waals surface area (Å²) < 4.78 is 44.8. The molecule has 1 aromatic heterocycles. The number of rotatable bonds is 1. The number of amides is 1. The summed E-state index contributed by atoms with van der Waals surface area (Å²) in [5, 5.41) is 0. The monoisotopic (exact) mass is 329 g/mol. The average Bonchev–Trinajstić information content (AvgIpc) is 2.53. The zero-order chi connectivity index (χ0) is 16.6. The second kappa shape index (κ2) is 6.09. The zero-order valence-electron chi connectivity index (χ0n) is 12.7. The number of morpholine rings is 1. The standard InChI is InChI=1S/C15H18F3N3O2/c1-20-7-8-23-12-4-6-21(9-11(12)20)14(22)10-3-2-5-19-13(10)15(16,17)18/h2-3,5,11-12H,4,6-9H2,1H3. The number of likely N-dealkylation sites (tertiary alicyclic amines) is 1. The van der Waals surface area contributed by atoms with Crippen LogP contribution in [-0.2, 0) is 10.9 Å². The summed E-state index contributed by atoms with van der Waals surface area (Å²) >= 11 is 0. The van der Waals surface area contributed by atoms with Crippen molar-refractivity contribution in [1.29, 1.82) is 0 Å². The lowest BCUT2D eigenvalue weighted by atomic mass is 9.98. The molecule has 2 fully saturated rings. The number of fused-ring (bicyclic) bond motifs is 1. The fourth-order valence-electron chi connectivity index (χ4n) is 3.20. The molecule has 23 heavy (non-hydrogen) atoms. The Bertz CT molecular complexity index is 594. The molecule has 0 N–H and O–H groups in total. The Kier molecular flexibility index (Phi) is 4.29. The minimum absolute atomic E-state index is 0.0208. The summed E-state index contributed by atoms with van der Waals surface area (Å²) in [6.45, 7) is 2.16. The number of nitrogens with zero attached hydrogens (tertiary/aromatic N) is 3. The molecule has 2 atom stereocenters. The number of pyridine rings is 1. The first kappa shape index (κ1) is 16.2. The largest absolute Gasteiger partial charge is 0.434 e. The van der Waals surface area contributed by atoms with Gasteiger partial charge in [0, 0.05) is 25.8 Å². The van der Waals surface area contributed by atoms with Gasteiger partial charge in [-0.1, -0.05) is 0 Å². The number of hydrogen-bond acceptors (Lipinski definition) is 4. The number of carbonyl (C=O) groups is 1. The van der Waals surface area contributed by atoms with E-state index < -0.39 is 23.3 Å². The molecule has 0 saturated carbocycles. The molecule has 0 radical (unpaired) electrons. The third-order valence-corrected chi connectivity index (χ3v) is 4.46. The smallest absolute Gasteiger partial charge is 0.375 e. The lowest BCUT2D eigenvalue weighted by Gasteiger charge is -2.45. The maximum Gasteiger partial charge on any atom is 0.434 e. The average molecular weight is 329 g/mol. The van der Waals surface area contributed by atoms with Gasteiger partial charge in [0.1, 0.15) is 0 Å². The quantitative estimate of drug-likeness (QED) is 0.786. The van der Waals surface area contributed by atoms with Gasteiger partial charge in [-0.2, -0.15) is 13.2 Å². The molecule has 0 bridgehead atoms. The van der Waals surface area contributed by atoms with Crippen LogP contribution in [0.4, 0.5) is 13.2 Å². The van der Waals surface area contributed by atoms with Crippen LogP contribution >= 0.6 is 0 Å². The fraction of sp³-hybridized carbons (Fsp3) is 0.600. The van der Waals surface area contributed by atoms with Crippen molar-refractivity contribution < 1.29 is 22.7 Å². The molecule has 3 rings (SSSR count). The lowest BCUT2D eigenvalue weighted by molar-refractivity contribution is -0.141. The van der Waals surface area contributed by atoms with Crippen LogP contribution in [0.1, 0.15) is 22.5 Å². The van der Waals surface area contributed by atoms with Crippen molar-refractivity contribution >= 4 is 5.91 Å². The molecule has 0 aliphatic carbocycles. The summed E-state index contributed by atoms with van der Waals surface area (Å²) in [5.41, 5.74) is -1.52. The molecule has 0 aromatic carbocycles. The van der Waals surface area contributed by atoms with Crippen molar-refractivity contribution in [2.75, 3.05) is 33.3 Å². The van der Waals surface area contributed by atoms with Gasteiger partial charge >= 0.3 is 6.18 Å². The summed E-state index contributed by atoms with van der Waals surface area (Å²) in [6, 6.07) is 2.56. The molecule has 2 unspecified atom stereocenters. The van der Waals surface area contributed by atoms with Crippen LogP contribution in [0.25, 0.3) is 0 Å². The predicted molar refractivity (Wildman–Crippen MR) is 75.9 cm³/mol. The highest BCUT2D eigenvalue weighted by Gasteiger charge is 2.41. The molecular formula is C15H18F3N3O2. The van der Waals surface area contributed by atoms with E-state index in [0.29, 0.717) is 26.1 Å². The van der Waals surface area contributed by atoms with Crippen LogP contribution in [0.15, 0.2) is 18.3 Å². The molecule has 0 spiro atoms. The van der Waals surface area contributed by atoms with E-state index in [0.717, 1.165) is 12.7 Å². The highest BCUT2D eigenvalue weighted by atomic mass is 19.4. The van der Waals surface area contributed by atoms with E-state index >= 15 is 0 Å². The Balaban J connectivity index is 1.82. The second-order valence-corrected chi connectivity index (χ2v) is 5.89. The van der Waals surface area contributed by atoms with Crippen LogP contribution in [0, 0.1) is 0 Å². The van der Waals surface area contributed by atoms with Gasteiger partial charge in [-0.25, -0.2) is 0 Å². The highest BCUT2D eigenvalue weighted by molar-refractivity contribution is 5.95. The Morgan fingerprint density at radius 3 is 2.91 bits per heavy atom. The first-order valence-corrected chi connectivity index (χ1v) is 7.51. The van der Waals surface area contributed by atoms with E-state index in [-0.39, 0.29) is 12.1 Å². The van der Waals surface area contributed by atoms with Gasteiger partial charge in [0.25, 0.3) is 5.91 Å². The maximum atomic E-state index is 13.0. The molecule has 1 amide bonds. The number of ether oxygens (including phenoxy) is 1. The number of hydrogen-bond donors (Lipinski definition) is 0. The third kappa shape index (κ3) is 3.18. The molecule has 3 heterocycles. The van der Waals surface area contributed by atoms with Gasteiger partial charge in [-0.3, -0.25) is 14.7 Å². The maximum absolute atomic E-state index is 13.0. The number of carbonyl (C=O) groups excluding carboxylic acids is 1. The van der Waals surface area contributed by atoms with E-state index in [4.69, 9.17) is 4.74 Å².